The fourth-order valence-electron chi connectivity index (χ4n) is 3.54. The van der Waals surface area contributed by atoms with Crippen molar-refractivity contribution in [3.63, 3.8) is 0 Å². The first-order valence-corrected chi connectivity index (χ1v) is 10.5. The van der Waals surface area contributed by atoms with Crippen molar-refractivity contribution in [3.8, 4) is 0 Å². The van der Waals surface area contributed by atoms with Crippen LogP contribution in [0.5, 0.6) is 0 Å². The molecule has 1 atom stereocenters. The van der Waals surface area contributed by atoms with Gasteiger partial charge in [-0.1, -0.05) is 78.9 Å². The third-order valence-corrected chi connectivity index (χ3v) is 5.23. The number of hydrogen-bond acceptors (Lipinski definition) is 5. The van der Waals surface area contributed by atoms with Crippen molar-refractivity contribution in [1.29, 1.82) is 0 Å². The zero-order chi connectivity index (χ0) is 23.4. The Morgan fingerprint density at radius 3 is 2.09 bits per heavy atom. The highest BCUT2D eigenvalue weighted by atomic mass is 16.5. The van der Waals surface area contributed by atoms with Gasteiger partial charge in [-0.3, -0.25) is 9.59 Å². The number of esters is 1. The molecule has 7 nitrogen and oxygen atoms in total. The molecule has 1 aromatic heterocycles. The topological polar surface area (TPSA) is 81.5 Å². The monoisotopic (exact) mass is 441 g/mol. The number of aromatic nitrogens is 2. The van der Waals surface area contributed by atoms with Gasteiger partial charge in [0.1, 0.15) is 0 Å². The molecule has 4 rings (SSSR count). The van der Waals surface area contributed by atoms with Crippen LogP contribution in [0.15, 0.2) is 89.7 Å². The van der Waals surface area contributed by atoms with Crippen LogP contribution in [0.2, 0.25) is 0 Å². The second-order valence-electron chi connectivity index (χ2n) is 7.77. The van der Waals surface area contributed by atoms with E-state index >= 15 is 0 Å². The van der Waals surface area contributed by atoms with Gasteiger partial charge in [0.15, 0.2) is 5.69 Å². The Labute approximate surface area is 190 Å². The summed E-state index contributed by atoms with van der Waals surface area (Å²) in [4.78, 5) is 40.5. The van der Waals surface area contributed by atoms with Crippen LogP contribution in [0.1, 0.15) is 27.7 Å². The predicted octanol–water partition coefficient (Wildman–Crippen LogP) is 3.43. The third-order valence-electron chi connectivity index (χ3n) is 5.23. The predicted molar refractivity (Wildman–Crippen MR) is 125 cm³/mol. The van der Waals surface area contributed by atoms with Crippen molar-refractivity contribution in [2.24, 2.45) is 0 Å². The average molecular weight is 441 g/mol. The highest BCUT2D eigenvalue weighted by Crippen LogP contribution is 2.23. The lowest BCUT2D eigenvalue weighted by atomic mass is 10.1. The van der Waals surface area contributed by atoms with E-state index in [4.69, 9.17) is 4.74 Å². The van der Waals surface area contributed by atoms with Gasteiger partial charge < -0.3 is 9.64 Å². The second kappa shape index (κ2) is 9.48. The van der Waals surface area contributed by atoms with Gasteiger partial charge >= 0.3 is 5.97 Å². The van der Waals surface area contributed by atoms with Crippen LogP contribution in [0.3, 0.4) is 0 Å². The quantitative estimate of drug-likeness (QED) is 0.428. The SMILES string of the molecule is CN(C)C(=O)C(OC(=O)c1nn(Cc2ccccc2)c(=O)c2ccccc12)c1ccccc1. The molecule has 1 heterocycles. The van der Waals surface area contributed by atoms with E-state index in [1.54, 1.807) is 62.6 Å². The fraction of sp³-hybridized carbons (Fsp3) is 0.154. The normalized spacial score (nSPS) is 11.7. The van der Waals surface area contributed by atoms with Gasteiger partial charge in [-0.15, -0.1) is 0 Å². The number of ether oxygens (including phenoxy) is 1. The number of benzene rings is 3. The minimum Gasteiger partial charge on any atom is -0.442 e. The van der Waals surface area contributed by atoms with Crippen LogP contribution in [0.4, 0.5) is 0 Å². The summed E-state index contributed by atoms with van der Waals surface area (Å²) in [6.07, 6.45) is -1.14. The number of amides is 1. The number of fused-ring (bicyclic) bond motifs is 1. The lowest BCUT2D eigenvalue weighted by Gasteiger charge is -2.21. The molecule has 0 N–H and O–H groups in total. The Kier molecular flexibility index (Phi) is 6.31. The highest BCUT2D eigenvalue weighted by molar-refractivity contribution is 6.03. The van der Waals surface area contributed by atoms with Gasteiger partial charge in [0.05, 0.1) is 11.9 Å². The van der Waals surface area contributed by atoms with Crippen LogP contribution in [-0.2, 0) is 16.1 Å². The maximum Gasteiger partial charge on any atom is 0.360 e. The molecule has 0 aliphatic heterocycles. The first kappa shape index (κ1) is 22.0. The molecule has 0 bridgehead atoms. The Morgan fingerprint density at radius 1 is 0.879 bits per heavy atom. The molecule has 0 spiro atoms. The molecule has 166 valence electrons. The molecule has 1 unspecified atom stereocenters. The van der Waals surface area contributed by atoms with E-state index in [9.17, 15) is 14.4 Å². The van der Waals surface area contributed by atoms with Gasteiger partial charge in [0, 0.05) is 25.0 Å². The molecule has 0 fully saturated rings. The molecular weight excluding hydrogens is 418 g/mol. The molecular formula is C26H23N3O4. The Hall–Kier alpha value is -4.26. The van der Waals surface area contributed by atoms with E-state index in [1.807, 2.05) is 36.4 Å². The summed E-state index contributed by atoms with van der Waals surface area (Å²) in [7, 11) is 3.19. The average Bonchev–Trinajstić information content (AvgIpc) is 2.85. The third kappa shape index (κ3) is 4.67. The van der Waals surface area contributed by atoms with Gasteiger partial charge in [0.25, 0.3) is 11.5 Å². The lowest BCUT2D eigenvalue weighted by molar-refractivity contribution is -0.138. The summed E-state index contributed by atoms with van der Waals surface area (Å²) in [6, 6.07) is 24.9. The van der Waals surface area contributed by atoms with Crippen molar-refractivity contribution >= 4 is 22.6 Å². The lowest BCUT2D eigenvalue weighted by Crippen LogP contribution is -2.32. The number of nitrogens with zero attached hydrogens (tertiary/aromatic N) is 3. The first-order valence-electron chi connectivity index (χ1n) is 10.5. The minimum absolute atomic E-state index is 0.0198. The molecule has 3 aromatic carbocycles. The van der Waals surface area contributed by atoms with E-state index < -0.39 is 12.1 Å². The van der Waals surface area contributed by atoms with E-state index in [1.165, 1.54) is 9.58 Å². The van der Waals surface area contributed by atoms with Crippen molar-refractivity contribution in [2.45, 2.75) is 12.6 Å². The second-order valence-corrected chi connectivity index (χ2v) is 7.77. The van der Waals surface area contributed by atoms with Crippen LogP contribution in [0.25, 0.3) is 10.8 Å². The molecule has 0 saturated heterocycles. The molecule has 7 heteroatoms. The van der Waals surface area contributed by atoms with Crippen molar-refractivity contribution in [1.82, 2.24) is 14.7 Å². The number of rotatable bonds is 6. The summed E-state index contributed by atoms with van der Waals surface area (Å²) < 4.78 is 6.94. The van der Waals surface area contributed by atoms with E-state index in [2.05, 4.69) is 5.10 Å². The molecule has 4 aromatic rings. The maximum atomic E-state index is 13.3. The van der Waals surface area contributed by atoms with Crippen molar-refractivity contribution in [2.75, 3.05) is 14.1 Å². The van der Waals surface area contributed by atoms with Crippen LogP contribution < -0.4 is 5.56 Å². The summed E-state index contributed by atoms with van der Waals surface area (Å²) >= 11 is 0. The van der Waals surface area contributed by atoms with Crippen molar-refractivity contribution < 1.29 is 14.3 Å². The summed E-state index contributed by atoms with van der Waals surface area (Å²) in [5, 5.41) is 5.08. The number of carbonyl (C=O) groups excluding carboxylic acids is 2. The van der Waals surface area contributed by atoms with Gasteiger partial charge in [-0.25, -0.2) is 9.48 Å². The summed E-state index contributed by atoms with van der Waals surface area (Å²) in [6.45, 7) is 0.198. The summed E-state index contributed by atoms with van der Waals surface area (Å²) in [5.41, 5.74) is 1.08. The molecule has 1 amide bonds. The first-order chi connectivity index (χ1) is 16.0. The fourth-order valence-corrected chi connectivity index (χ4v) is 3.54. The summed E-state index contributed by atoms with van der Waals surface area (Å²) in [5.74, 6) is -1.16. The number of hydrogen-bond donors (Lipinski definition) is 0. The van der Waals surface area contributed by atoms with Crippen LogP contribution >= 0.6 is 0 Å². The smallest absolute Gasteiger partial charge is 0.360 e. The highest BCUT2D eigenvalue weighted by Gasteiger charge is 2.29. The van der Waals surface area contributed by atoms with E-state index in [-0.39, 0.29) is 23.7 Å². The standard InChI is InChI=1S/C26H23N3O4/c1-28(2)25(31)23(19-13-7-4-8-14-19)33-26(32)22-20-15-9-10-16-21(20)24(30)29(27-22)17-18-11-5-3-6-12-18/h3-16,23H,17H2,1-2H3. The molecule has 33 heavy (non-hydrogen) atoms. The maximum absolute atomic E-state index is 13.3. The minimum atomic E-state index is -1.14. The molecule has 0 saturated carbocycles. The molecule has 0 aliphatic rings. The van der Waals surface area contributed by atoms with Crippen LogP contribution in [-0.4, -0.2) is 40.7 Å². The number of carbonyl (C=O) groups is 2. The Bertz CT molecular complexity index is 1350. The van der Waals surface area contributed by atoms with Gasteiger partial charge in [0.2, 0.25) is 6.10 Å². The van der Waals surface area contributed by atoms with Gasteiger partial charge in [-0.05, 0) is 11.6 Å². The molecule has 0 radical (unpaired) electrons. The molecule has 0 aliphatic carbocycles. The largest absolute Gasteiger partial charge is 0.442 e. The van der Waals surface area contributed by atoms with E-state index in [0.29, 0.717) is 16.3 Å². The van der Waals surface area contributed by atoms with Crippen LogP contribution in [0, 0.1) is 0 Å². The van der Waals surface area contributed by atoms with Gasteiger partial charge in [-0.2, -0.15) is 5.10 Å². The Morgan fingerprint density at radius 2 is 1.45 bits per heavy atom. The van der Waals surface area contributed by atoms with Crippen molar-refractivity contribution in [3.05, 3.63) is 112 Å². The van der Waals surface area contributed by atoms with E-state index in [0.717, 1.165) is 5.56 Å². The zero-order valence-corrected chi connectivity index (χ0v) is 18.3. The Balaban J connectivity index is 1.77. The number of likely N-dealkylation sites (N-methyl/N-ethyl adjacent to an activating group) is 1. The zero-order valence-electron chi connectivity index (χ0n) is 18.3.